The van der Waals surface area contributed by atoms with Gasteiger partial charge in [-0.15, -0.1) is 0 Å². The summed E-state index contributed by atoms with van der Waals surface area (Å²) in [5, 5.41) is 2.84. The average molecular weight is 339 g/mol. The summed E-state index contributed by atoms with van der Waals surface area (Å²) in [5.74, 6) is -0.295. The molecule has 2 aromatic rings. The van der Waals surface area contributed by atoms with Crippen LogP contribution < -0.4 is 15.8 Å². The van der Waals surface area contributed by atoms with E-state index in [0.29, 0.717) is 12.1 Å². The Morgan fingerprint density at radius 3 is 2.72 bits per heavy atom. The topological polar surface area (TPSA) is 82.3 Å². The van der Waals surface area contributed by atoms with E-state index < -0.39 is 11.5 Å². The normalized spacial score (nSPS) is 15.3. The fraction of sp³-hybridized carbons (Fsp3) is 0.316. The zero-order valence-electron chi connectivity index (χ0n) is 14.3. The molecule has 0 unspecified atom stereocenters. The lowest BCUT2D eigenvalue weighted by atomic mass is 10.1. The van der Waals surface area contributed by atoms with Crippen LogP contribution >= 0.6 is 0 Å². The molecule has 0 radical (unpaired) electrons. The van der Waals surface area contributed by atoms with Crippen molar-refractivity contribution in [3.8, 4) is 0 Å². The molecule has 1 aliphatic rings. The van der Waals surface area contributed by atoms with Gasteiger partial charge in [0.2, 0.25) is 5.91 Å². The molecule has 1 atom stereocenters. The number of nitrogens with one attached hydrogen (secondary N) is 2. The van der Waals surface area contributed by atoms with E-state index in [1.807, 2.05) is 31.2 Å². The first-order valence-electron chi connectivity index (χ1n) is 8.37. The number of hydrogen-bond acceptors (Lipinski definition) is 3. The Labute approximate surface area is 145 Å². The molecule has 0 saturated carbocycles. The van der Waals surface area contributed by atoms with Crippen molar-refractivity contribution >= 4 is 17.5 Å². The van der Waals surface area contributed by atoms with Crippen LogP contribution in [0.4, 0.5) is 5.69 Å². The summed E-state index contributed by atoms with van der Waals surface area (Å²) < 4.78 is 0. The van der Waals surface area contributed by atoms with E-state index in [4.69, 9.17) is 0 Å². The van der Waals surface area contributed by atoms with Crippen molar-refractivity contribution in [2.45, 2.75) is 32.7 Å². The molecule has 0 aliphatic carbocycles. The van der Waals surface area contributed by atoms with E-state index >= 15 is 0 Å². The number of nitrogens with zero attached hydrogens (tertiary/aromatic N) is 1. The molecule has 2 amide bonds. The van der Waals surface area contributed by atoms with Gasteiger partial charge in [-0.05, 0) is 50.1 Å². The maximum absolute atomic E-state index is 12.4. The summed E-state index contributed by atoms with van der Waals surface area (Å²) in [6.45, 7) is 4.34. The minimum Gasteiger partial charge on any atom is -0.345 e. The van der Waals surface area contributed by atoms with Gasteiger partial charge in [-0.1, -0.05) is 12.1 Å². The van der Waals surface area contributed by atoms with Gasteiger partial charge in [-0.25, -0.2) is 0 Å². The van der Waals surface area contributed by atoms with Crippen molar-refractivity contribution in [2.24, 2.45) is 0 Å². The number of rotatable bonds is 4. The van der Waals surface area contributed by atoms with Gasteiger partial charge in [-0.2, -0.15) is 0 Å². The van der Waals surface area contributed by atoms with E-state index in [1.54, 1.807) is 17.9 Å². The third kappa shape index (κ3) is 3.63. The number of hydrogen-bond donors (Lipinski definition) is 2. The SMILES string of the molecule is Cc1ccc(C(=O)N[C@@H](C)c2cccc(N3CCCC3=O)c2)c(=O)[nH]1. The third-order valence-electron chi connectivity index (χ3n) is 4.40. The molecular formula is C19H21N3O3. The minimum absolute atomic E-state index is 0.0864. The highest BCUT2D eigenvalue weighted by Crippen LogP contribution is 2.24. The molecule has 2 N–H and O–H groups in total. The molecule has 25 heavy (non-hydrogen) atoms. The summed E-state index contributed by atoms with van der Waals surface area (Å²) >= 11 is 0. The second-order valence-corrected chi connectivity index (χ2v) is 6.32. The average Bonchev–Trinajstić information content (AvgIpc) is 3.01. The zero-order valence-corrected chi connectivity index (χ0v) is 14.3. The smallest absolute Gasteiger partial charge is 0.260 e. The first kappa shape index (κ1) is 17.0. The largest absolute Gasteiger partial charge is 0.345 e. The Morgan fingerprint density at radius 1 is 1.24 bits per heavy atom. The van der Waals surface area contributed by atoms with Gasteiger partial charge in [0.25, 0.3) is 11.5 Å². The number of amides is 2. The number of pyridine rings is 1. The number of carbonyl (C=O) groups excluding carboxylic acids is 2. The Morgan fingerprint density at radius 2 is 2.04 bits per heavy atom. The number of aromatic nitrogens is 1. The Kier molecular flexibility index (Phi) is 4.70. The molecule has 1 aliphatic heterocycles. The Bertz CT molecular complexity index is 872. The molecular weight excluding hydrogens is 318 g/mol. The maximum Gasteiger partial charge on any atom is 0.260 e. The van der Waals surface area contributed by atoms with Crippen LogP contribution in [0.15, 0.2) is 41.2 Å². The highest BCUT2D eigenvalue weighted by atomic mass is 16.2. The van der Waals surface area contributed by atoms with Crippen molar-refractivity contribution in [3.63, 3.8) is 0 Å². The molecule has 2 heterocycles. The first-order chi connectivity index (χ1) is 12.0. The van der Waals surface area contributed by atoms with E-state index in [2.05, 4.69) is 10.3 Å². The lowest BCUT2D eigenvalue weighted by molar-refractivity contribution is -0.117. The quantitative estimate of drug-likeness (QED) is 0.897. The zero-order chi connectivity index (χ0) is 18.0. The van der Waals surface area contributed by atoms with E-state index in [-0.39, 0.29) is 17.5 Å². The van der Waals surface area contributed by atoms with Crippen LogP contribution in [-0.4, -0.2) is 23.3 Å². The molecule has 6 heteroatoms. The van der Waals surface area contributed by atoms with Crippen molar-refractivity contribution in [1.82, 2.24) is 10.3 Å². The maximum atomic E-state index is 12.4. The number of benzene rings is 1. The van der Waals surface area contributed by atoms with Crippen LogP contribution in [0, 0.1) is 6.92 Å². The summed E-state index contributed by atoms with van der Waals surface area (Å²) in [6.07, 6.45) is 1.44. The molecule has 0 bridgehead atoms. The highest BCUT2D eigenvalue weighted by Gasteiger charge is 2.22. The lowest BCUT2D eigenvalue weighted by Crippen LogP contribution is -2.32. The van der Waals surface area contributed by atoms with Gasteiger partial charge >= 0.3 is 0 Å². The van der Waals surface area contributed by atoms with Gasteiger partial charge in [0, 0.05) is 24.3 Å². The summed E-state index contributed by atoms with van der Waals surface area (Å²) in [7, 11) is 0. The van der Waals surface area contributed by atoms with Crippen molar-refractivity contribution in [3.05, 3.63) is 63.6 Å². The number of aryl methyl sites for hydroxylation is 1. The second kappa shape index (κ2) is 6.93. The molecule has 1 aromatic carbocycles. The standard InChI is InChI=1S/C19H21N3O3/c1-12-8-9-16(18(24)20-12)19(25)21-13(2)14-5-3-6-15(11-14)22-10-4-7-17(22)23/h3,5-6,8-9,11,13H,4,7,10H2,1-2H3,(H,20,24)(H,21,25)/t13-/m0/s1. The predicted octanol–water partition coefficient (Wildman–Crippen LogP) is 2.30. The number of carbonyl (C=O) groups is 2. The molecule has 1 aromatic heterocycles. The van der Waals surface area contributed by atoms with Gasteiger partial charge < -0.3 is 15.2 Å². The Hall–Kier alpha value is -2.89. The van der Waals surface area contributed by atoms with Crippen LogP contribution in [0.5, 0.6) is 0 Å². The summed E-state index contributed by atoms with van der Waals surface area (Å²) in [6, 6.07) is 10.5. The van der Waals surface area contributed by atoms with E-state index in [1.165, 1.54) is 6.07 Å². The van der Waals surface area contributed by atoms with Gasteiger partial charge in [-0.3, -0.25) is 14.4 Å². The Balaban J connectivity index is 1.77. The number of anilines is 1. The van der Waals surface area contributed by atoms with Crippen molar-refractivity contribution < 1.29 is 9.59 Å². The monoisotopic (exact) mass is 339 g/mol. The number of aromatic amines is 1. The van der Waals surface area contributed by atoms with Gasteiger partial charge in [0.1, 0.15) is 5.56 Å². The van der Waals surface area contributed by atoms with Crippen LogP contribution in [0.3, 0.4) is 0 Å². The lowest BCUT2D eigenvalue weighted by Gasteiger charge is -2.19. The van der Waals surface area contributed by atoms with Crippen LogP contribution in [0.1, 0.15) is 47.4 Å². The van der Waals surface area contributed by atoms with E-state index in [0.717, 1.165) is 24.2 Å². The molecule has 0 spiro atoms. The van der Waals surface area contributed by atoms with Crippen LogP contribution in [-0.2, 0) is 4.79 Å². The van der Waals surface area contributed by atoms with Gasteiger partial charge in [0.05, 0.1) is 6.04 Å². The molecule has 130 valence electrons. The molecule has 1 fully saturated rings. The van der Waals surface area contributed by atoms with E-state index in [9.17, 15) is 14.4 Å². The molecule has 3 rings (SSSR count). The third-order valence-corrected chi connectivity index (χ3v) is 4.40. The van der Waals surface area contributed by atoms with Crippen molar-refractivity contribution in [1.29, 1.82) is 0 Å². The predicted molar refractivity (Wildman–Crippen MR) is 95.7 cm³/mol. The second-order valence-electron chi connectivity index (χ2n) is 6.32. The minimum atomic E-state index is -0.420. The van der Waals surface area contributed by atoms with Gasteiger partial charge in [0.15, 0.2) is 0 Å². The summed E-state index contributed by atoms with van der Waals surface area (Å²) in [4.78, 5) is 40.6. The molecule has 1 saturated heterocycles. The van der Waals surface area contributed by atoms with Crippen molar-refractivity contribution in [2.75, 3.05) is 11.4 Å². The summed E-state index contributed by atoms with van der Waals surface area (Å²) in [5.41, 5.74) is 2.12. The number of H-pyrrole nitrogens is 1. The fourth-order valence-electron chi connectivity index (χ4n) is 2.99. The van der Waals surface area contributed by atoms with Crippen LogP contribution in [0.2, 0.25) is 0 Å². The van der Waals surface area contributed by atoms with Crippen LogP contribution in [0.25, 0.3) is 0 Å². The highest BCUT2D eigenvalue weighted by molar-refractivity contribution is 5.95. The molecule has 6 nitrogen and oxygen atoms in total. The first-order valence-corrected chi connectivity index (χ1v) is 8.37. The fourth-order valence-corrected chi connectivity index (χ4v) is 2.99.